The molecule has 0 aliphatic carbocycles. The fraction of sp³-hybridized carbons (Fsp3) is 0.107. The molecule has 0 spiro atoms. The fourth-order valence-corrected chi connectivity index (χ4v) is 4.03. The molecule has 0 unspecified atom stereocenters. The molecule has 1 amide bonds. The second-order valence-corrected chi connectivity index (χ2v) is 8.26. The molecule has 0 fully saturated rings. The van der Waals surface area contributed by atoms with Gasteiger partial charge in [0.1, 0.15) is 17.4 Å². The molecule has 0 saturated carbocycles. The SMILES string of the molecule is COc1ccccc1C=CC(=O)Nc1cc(C)nn1-c1nc2ccccc2n1Cc1ccc(F)cc1. The van der Waals surface area contributed by atoms with E-state index in [4.69, 9.17) is 9.72 Å². The van der Waals surface area contributed by atoms with Gasteiger partial charge in [-0.15, -0.1) is 0 Å². The predicted molar refractivity (Wildman–Crippen MR) is 138 cm³/mol. The Morgan fingerprint density at radius 3 is 2.61 bits per heavy atom. The van der Waals surface area contributed by atoms with Crippen LogP contribution in [0.3, 0.4) is 0 Å². The molecule has 3 aromatic carbocycles. The van der Waals surface area contributed by atoms with Crippen LogP contribution in [0.25, 0.3) is 23.1 Å². The van der Waals surface area contributed by atoms with Crippen molar-refractivity contribution >= 4 is 28.8 Å². The van der Waals surface area contributed by atoms with Gasteiger partial charge in [0.05, 0.1) is 30.4 Å². The molecule has 180 valence electrons. The number of nitrogens with zero attached hydrogens (tertiary/aromatic N) is 4. The third-order valence-electron chi connectivity index (χ3n) is 5.71. The summed E-state index contributed by atoms with van der Waals surface area (Å²) in [5, 5.41) is 7.52. The molecule has 5 aromatic rings. The molecule has 8 heteroatoms. The van der Waals surface area contributed by atoms with Crippen molar-refractivity contribution in [1.29, 1.82) is 0 Å². The van der Waals surface area contributed by atoms with Gasteiger partial charge >= 0.3 is 0 Å². The quantitative estimate of drug-likeness (QED) is 0.317. The summed E-state index contributed by atoms with van der Waals surface area (Å²) >= 11 is 0. The molecule has 0 aliphatic heterocycles. The van der Waals surface area contributed by atoms with E-state index >= 15 is 0 Å². The number of halogens is 1. The van der Waals surface area contributed by atoms with Crippen LogP contribution in [0.2, 0.25) is 0 Å². The Morgan fingerprint density at radius 1 is 1.06 bits per heavy atom. The predicted octanol–water partition coefficient (Wildman–Crippen LogP) is 5.38. The number of rotatable bonds is 7. The third-order valence-corrected chi connectivity index (χ3v) is 5.71. The van der Waals surface area contributed by atoms with E-state index in [9.17, 15) is 9.18 Å². The number of hydrogen-bond acceptors (Lipinski definition) is 4. The Bertz CT molecular complexity index is 1570. The van der Waals surface area contributed by atoms with Gasteiger partial charge in [-0.05, 0) is 48.9 Å². The summed E-state index contributed by atoms with van der Waals surface area (Å²) in [7, 11) is 1.59. The lowest BCUT2D eigenvalue weighted by molar-refractivity contribution is -0.111. The number of imidazole rings is 1. The zero-order chi connectivity index (χ0) is 25.1. The highest BCUT2D eigenvalue weighted by molar-refractivity contribution is 6.01. The smallest absolute Gasteiger partial charge is 0.249 e. The molecule has 2 heterocycles. The zero-order valence-electron chi connectivity index (χ0n) is 19.9. The van der Waals surface area contributed by atoms with Crippen molar-refractivity contribution in [1.82, 2.24) is 19.3 Å². The van der Waals surface area contributed by atoms with Crippen LogP contribution < -0.4 is 10.1 Å². The van der Waals surface area contributed by atoms with Crippen LogP contribution in [0.15, 0.2) is 84.9 Å². The number of aromatic nitrogens is 4. The molecule has 0 radical (unpaired) electrons. The Balaban J connectivity index is 1.49. The number of carbonyl (C=O) groups is 1. The molecular weight excluding hydrogens is 457 g/mol. The van der Waals surface area contributed by atoms with Gasteiger partial charge in [-0.25, -0.2) is 9.37 Å². The van der Waals surface area contributed by atoms with Gasteiger partial charge in [0, 0.05) is 17.7 Å². The number of nitrogens with one attached hydrogen (secondary N) is 1. The molecule has 0 aliphatic rings. The first-order valence-electron chi connectivity index (χ1n) is 11.4. The van der Waals surface area contributed by atoms with E-state index in [2.05, 4.69) is 10.4 Å². The normalized spacial score (nSPS) is 11.3. The van der Waals surface area contributed by atoms with Crippen molar-refractivity contribution in [3.05, 3.63) is 108 Å². The number of anilines is 1. The second-order valence-electron chi connectivity index (χ2n) is 8.26. The van der Waals surface area contributed by atoms with E-state index in [1.54, 1.807) is 36.1 Å². The van der Waals surface area contributed by atoms with E-state index in [1.165, 1.54) is 18.2 Å². The van der Waals surface area contributed by atoms with Crippen molar-refractivity contribution in [2.45, 2.75) is 13.5 Å². The van der Waals surface area contributed by atoms with Gasteiger partial charge in [-0.3, -0.25) is 4.79 Å². The molecule has 0 bridgehead atoms. The summed E-state index contributed by atoms with van der Waals surface area (Å²) in [6, 6.07) is 23.4. The highest BCUT2D eigenvalue weighted by Gasteiger charge is 2.18. The molecule has 0 saturated heterocycles. The van der Waals surface area contributed by atoms with Crippen LogP contribution in [-0.2, 0) is 11.3 Å². The number of methoxy groups -OCH3 is 1. The summed E-state index contributed by atoms with van der Waals surface area (Å²) in [6.07, 6.45) is 3.15. The van der Waals surface area contributed by atoms with E-state index in [1.807, 2.05) is 60.0 Å². The minimum absolute atomic E-state index is 0.289. The van der Waals surface area contributed by atoms with Gasteiger partial charge in [-0.2, -0.15) is 9.78 Å². The highest BCUT2D eigenvalue weighted by atomic mass is 19.1. The largest absolute Gasteiger partial charge is 0.496 e. The Kier molecular flexibility index (Phi) is 6.32. The Labute approximate surface area is 207 Å². The minimum atomic E-state index is -0.316. The van der Waals surface area contributed by atoms with E-state index in [0.717, 1.165) is 27.9 Å². The second kappa shape index (κ2) is 9.87. The number of hydrogen-bond donors (Lipinski definition) is 1. The van der Waals surface area contributed by atoms with Crippen molar-refractivity contribution in [2.24, 2.45) is 0 Å². The number of amides is 1. The van der Waals surface area contributed by atoms with Crippen LogP contribution in [0.1, 0.15) is 16.8 Å². The molecule has 36 heavy (non-hydrogen) atoms. The number of benzene rings is 3. The summed E-state index contributed by atoms with van der Waals surface area (Å²) in [6.45, 7) is 2.31. The number of para-hydroxylation sites is 3. The first kappa shape index (κ1) is 23.0. The summed E-state index contributed by atoms with van der Waals surface area (Å²) in [4.78, 5) is 17.6. The minimum Gasteiger partial charge on any atom is -0.496 e. The first-order valence-corrected chi connectivity index (χ1v) is 11.4. The number of ether oxygens (including phenoxy) is 1. The summed E-state index contributed by atoms with van der Waals surface area (Å²) < 4.78 is 22.4. The van der Waals surface area contributed by atoms with Gasteiger partial charge in [0.2, 0.25) is 11.9 Å². The Morgan fingerprint density at radius 2 is 1.81 bits per heavy atom. The lowest BCUT2D eigenvalue weighted by Gasteiger charge is -2.12. The van der Waals surface area contributed by atoms with Crippen molar-refractivity contribution in [3.8, 4) is 11.7 Å². The van der Waals surface area contributed by atoms with Crippen LogP contribution in [0, 0.1) is 12.7 Å². The number of fused-ring (bicyclic) bond motifs is 1. The van der Waals surface area contributed by atoms with Gasteiger partial charge < -0.3 is 14.6 Å². The third kappa shape index (κ3) is 4.74. The topological polar surface area (TPSA) is 74.0 Å². The standard InChI is InChI=1S/C28H24FN5O2/c1-19-17-26(31-27(35)16-13-21-7-3-6-10-25(21)36-2)34(32-19)28-30-23-8-4-5-9-24(23)33(28)18-20-11-14-22(29)15-12-20/h3-17H,18H2,1-2H3,(H,31,35). The van der Waals surface area contributed by atoms with Crippen LogP contribution in [0.5, 0.6) is 5.75 Å². The van der Waals surface area contributed by atoms with Crippen LogP contribution in [-0.4, -0.2) is 32.3 Å². The van der Waals surface area contributed by atoms with E-state index < -0.39 is 0 Å². The van der Waals surface area contributed by atoms with Gasteiger partial charge in [-0.1, -0.05) is 42.5 Å². The lowest BCUT2D eigenvalue weighted by atomic mass is 10.2. The van der Waals surface area contributed by atoms with Crippen LogP contribution in [0.4, 0.5) is 10.2 Å². The maximum Gasteiger partial charge on any atom is 0.249 e. The zero-order valence-corrected chi connectivity index (χ0v) is 19.9. The van der Waals surface area contributed by atoms with Crippen molar-refractivity contribution in [2.75, 3.05) is 12.4 Å². The maximum absolute atomic E-state index is 13.5. The molecular formula is C28H24FN5O2. The molecule has 1 N–H and O–H groups in total. The monoisotopic (exact) mass is 481 g/mol. The van der Waals surface area contributed by atoms with Crippen LogP contribution >= 0.6 is 0 Å². The van der Waals surface area contributed by atoms with Crippen molar-refractivity contribution in [3.63, 3.8) is 0 Å². The molecule has 5 rings (SSSR count). The number of aryl methyl sites for hydroxylation is 1. The average Bonchev–Trinajstić information content (AvgIpc) is 3.43. The Hall–Kier alpha value is -4.72. The lowest BCUT2D eigenvalue weighted by Crippen LogP contribution is -2.15. The molecule has 7 nitrogen and oxygen atoms in total. The van der Waals surface area contributed by atoms with Gasteiger partial charge in [0.25, 0.3) is 0 Å². The van der Waals surface area contributed by atoms with Crippen molar-refractivity contribution < 1.29 is 13.9 Å². The molecule has 0 atom stereocenters. The van der Waals surface area contributed by atoms with E-state index in [-0.39, 0.29) is 11.7 Å². The first-order chi connectivity index (χ1) is 17.5. The summed E-state index contributed by atoms with van der Waals surface area (Å²) in [5.41, 5.74) is 4.12. The van der Waals surface area contributed by atoms with Gasteiger partial charge in [0.15, 0.2) is 0 Å². The average molecular weight is 482 g/mol. The summed E-state index contributed by atoms with van der Waals surface area (Å²) in [5.74, 6) is 1.10. The maximum atomic E-state index is 13.5. The molecule has 2 aromatic heterocycles. The fourth-order valence-electron chi connectivity index (χ4n) is 4.03. The number of carbonyl (C=O) groups excluding carboxylic acids is 1. The van der Waals surface area contributed by atoms with E-state index in [0.29, 0.717) is 24.1 Å². The highest BCUT2D eigenvalue weighted by Crippen LogP contribution is 2.24.